The fourth-order valence-corrected chi connectivity index (χ4v) is 3.80. The highest BCUT2D eigenvalue weighted by Gasteiger charge is 2.21. The number of carbonyl (C=O) groups is 2. The van der Waals surface area contributed by atoms with Crippen molar-refractivity contribution in [1.82, 2.24) is 4.57 Å². The molecular formula is C28H26N2O3. The molecule has 166 valence electrons. The van der Waals surface area contributed by atoms with Gasteiger partial charge in [0.05, 0.1) is 17.9 Å². The summed E-state index contributed by atoms with van der Waals surface area (Å²) in [5, 5.41) is 2.94. The van der Waals surface area contributed by atoms with E-state index in [0.717, 1.165) is 33.9 Å². The SMILES string of the molecule is CCOC(=O)c1cc(-c2ccccc2)n(-c2cccc(C(=O)Nc3ccc(C)cc3)c2)c1C. The average molecular weight is 439 g/mol. The molecule has 5 nitrogen and oxygen atoms in total. The summed E-state index contributed by atoms with van der Waals surface area (Å²) in [4.78, 5) is 25.5. The van der Waals surface area contributed by atoms with Crippen LogP contribution in [-0.2, 0) is 4.74 Å². The van der Waals surface area contributed by atoms with E-state index in [2.05, 4.69) is 5.32 Å². The smallest absolute Gasteiger partial charge is 0.339 e. The van der Waals surface area contributed by atoms with Crippen LogP contribution < -0.4 is 5.32 Å². The number of aromatic nitrogens is 1. The molecule has 5 heteroatoms. The Morgan fingerprint density at radius 1 is 0.879 bits per heavy atom. The topological polar surface area (TPSA) is 60.3 Å². The summed E-state index contributed by atoms with van der Waals surface area (Å²) in [7, 11) is 0. The van der Waals surface area contributed by atoms with Gasteiger partial charge in [-0.2, -0.15) is 0 Å². The largest absolute Gasteiger partial charge is 0.462 e. The van der Waals surface area contributed by atoms with Gasteiger partial charge in [0.25, 0.3) is 5.91 Å². The molecule has 1 heterocycles. The van der Waals surface area contributed by atoms with E-state index in [1.807, 2.05) is 97.3 Å². The van der Waals surface area contributed by atoms with E-state index in [-0.39, 0.29) is 11.9 Å². The standard InChI is InChI=1S/C28H26N2O3/c1-4-33-28(32)25-18-26(21-9-6-5-7-10-21)30(20(25)3)24-12-8-11-22(17-24)27(31)29-23-15-13-19(2)14-16-23/h5-18H,4H2,1-3H3,(H,29,31). The Morgan fingerprint density at radius 2 is 1.61 bits per heavy atom. The van der Waals surface area contributed by atoms with E-state index in [9.17, 15) is 9.59 Å². The molecule has 0 aliphatic heterocycles. The summed E-state index contributed by atoms with van der Waals surface area (Å²) in [6.07, 6.45) is 0. The third kappa shape index (κ3) is 4.72. The van der Waals surface area contributed by atoms with Crippen LogP contribution in [0.15, 0.2) is 84.9 Å². The van der Waals surface area contributed by atoms with E-state index >= 15 is 0 Å². The molecule has 0 saturated carbocycles. The lowest BCUT2D eigenvalue weighted by Crippen LogP contribution is -2.12. The summed E-state index contributed by atoms with van der Waals surface area (Å²) in [5.41, 5.74) is 6.26. The second kappa shape index (κ2) is 9.57. The first-order chi connectivity index (χ1) is 16.0. The highest BCUT2D eigenvalue weighted by atomic mass is 16.5. The van der Waals surface area contributed by atoms with Crippen molar-refractivity contribution < 1.29 is 14.3 Å². The Labute approximate surface area is 193 Å². The zero-order chi connectivity index (χ0) is 23.4. The van der Waals surface area contributed by atoms with Gasteiger partial charge >= 0.3 is 5.97 Å². The van der Waals surface area contributed by atoms with Gasteiger partial charge in [-0.15, -0.1) is 0 Å². The molecule has 0 aliphatic rings. The number of rotatable bonds is 6. The summed E-state index contributed by atoms with van der Waals surface area (Å²) in [6.45, 7) is 5.98. The van der Waals surface area contributed by atoms with E-state index < -0.39 is 0 Å². The average Bonchev–Trinajstić information content (AvgIpc) is 3.18. The lowest BCUT2D eigenvalue weighted by atomic mass is 10.1. The van der Waals surface area contributed by atoms with Crippen LogP contribution in [0.1, 0.15) is 38.9 Å². The third-order valence-corrected chi connectivity index (χ3v) is 5.49. The number of anilines is 1. The maximum absolute atomic E-state index is 12.9. The quantitative estimate of drug-likeness (QED) is 0.365. The number of esters is 1. The first kappa shape index (κ1) is 22.1. The molecule has 0 saturated heterocycles. The number of ether oxygens (including phenoxy) is 1. The van der Waals surface area contributed by atoms with Gasteiger partial charge in [0.1, 0.15) is 0 Å². The van der Waals surface area contributed by atoms with Crippen LogP contribution in [0.3, 0.4) is 0 Å². The molecule has 0 atom stereocenters. The minimum absolute atomic E-state index is 0.197. The van der Waals surface area contributed by atoms with Gasteiger partial charge in [0, 0.05) is 22.6 Å². The number of benzene rings is 3. The van der Waals surface area contributed by atoms with Crippen LogP contribution in [0.2, 0.25) is 0 Å². The molecule has 4 rings (SSSR count). The summed E-state index contributed by atoms with van der Waals surface area (Å²) >= 11 is 0. The summed E-state index contributed by atoms with van der Waals surface area (Å²) < 4.78 is 7.26. The minimum Gasteiger partial charge on any atom is -0.462 e. The number of carbonyl (C=O) groups excluding carboxylic acids is 2. The Kier molecular flexibility index (Phi) is 6.41. The van der Waals surface area contributed by atoms with Crippen molar-refractivity contribution in [1.29, 1.82) is 0 Å². The predicted octanol–water partition coefficient (Wildman–Crippen LogP) is 6.19. The Bertz CT molecular complexity index is 1290. The van der Waals surface area contributed by atoms with E-state index in [4.69, 9.17) is 4.74 Å². The van der Waals surface area contributed by atoms with Gasteiger partial charge in [0.2, 0.25) is 0 Å². The first-order valence-corrected chi connectivity index (χ1v) is 10.9. The lowest BCUT2D eigenvalue weighted by molar-refractivity contribution is 0.0525. The second-order valence-corrected chi connectivity index (χ2v) is 7.82. The van der Waals surface area contributed by atoms with Crippen LogP contribution in [0, 0.1) is 13.8 Å². The van der Waals surface area contributed by atoms with Gasteiger partial charge in [-0.3, -0.25) is 4.79 Å². The zero-order valence-corrected chi connectivity index (χ0v) is 19.0. The van der Waals surface area contributed by atoms with Crippen molar-refractivity contribution >= 4 is 17.6 Å². The van der Waals surface area contributed by atoms with Crippen LogP contribution in [0.5, 0.6) is 0 Å². The van der Waals surface area contributed by atoms with Gasteiger partial charge in [-0.05, 0) is 62.7 Å². The lowest BCUT2D eigenvalue weighted by Gasteiger charge is -2.14. The number of nitrogens with one attached hydrogen (secondary N) is 1. The molecule has 1 amide bonds. The van der Waals surface area contributed by atoms with Crippen LogP contribution in [0.4, 0.5) is 5.69 Å². The zero-order valence-electron chi connectivity index (χ0n) is 19.0. The molecule has 33 heavy (non-hydrogen) atoms. The van der Waals surface area contributed by atoms with Crippen molar-refractivity contribution in [2.24, 2.45) is 0 Å². The fourth-order valence-electron chi connectivity index (χ4n) is 3.80. The van der Waals surface area contributed by atoms with Gasteiger partial charge in [0.15, 0.2) is 0 Å². The molecule has 0 aliphatic carbocycles. The van der Waals surface area contributed by atoms with Crippen molar-refractivity contribution in [3.05, 3.63) is 107 Å². The maximum Gasteiger partial charge on any atom is 0.339 e. The second-order valence-electron chi connectivity index (χ2n) is 7.82. The molecule has 4 aromatic rings. The molecule has 0 bridgehead atoms. The normalized spacial score (nSPS) is 10.6. The molecule has 1 N–H and O–H groups in total. The molecule has 0 unspecified atom stereocenters. The third-order valence-electron chi connectivity index (χ3n) is 5.49. The molecular weight excluding hydrogens is 412 g/mol. The highest BCUT2D eigenvalue weighted by Crippen LogP contribution is 2.30. The summed E-state index contributed by atoms with van der Waals surface area (Å²) in [6, 6.07) is 26.8. The minimum atomic E-state index is -0.362. The molecule has 0 spiro atoms. The van der Waals surface area contributed by atoms with Gasteiger partial charge in [-0.25, -0.2) is 4.79 Å². The maximum atomic E-state index is 12.9. The van der Waals surface area contributed by atoms with Crippen LogP contribution >= 0.6 is 0 Å². The fraction of sp³-hybridized carbons (Fsp3) is 0.143. The van der Waals surface area contributed by atoms with Gasteiger partial charge in [-0.1, -0.05) is 54.1 Å². The number of amides is 1. The first-order valence-electron chi connectivity index (χ1n) is 10.9. The Hall–Kier alpha value is -4.12. The molecule has 3 aromatic carbocycles. The molecule has 1 aromatic heterocycles. The van der Waals surface area contributed by atoms with E-state index in [1.165, 1.54) is 0 Å². The van der Waals surface area contributed by atoms with Gasteiger partial charge < -0.3 is 14.6 Å². The van der Waals surface area contributed by atoms with Crippen molar-refractivity contribution in [2.75, 3.05) is 11.9 Å². The number of nitrogens with zero attached hydrogens (tertiary/aromatic N) is 1. The number of aryl methyl sites for hydroxylation is 1. The monoisotopic (exact) mass is 438 g/mol. The van der Waals surface area contributed by atoms with Crippen molar-refractivity contribution in [2.45, 2.75) is 20.8 Å². The highest BCUT2D eigenvalue weighted by molar-refractivity contribution is 6.04. The number of hydrogen-bond acceptors (Lipinski definition) is 3. The van der Waals surface area contributed by atoms with E-state index in [1.54, 1.807) is 13.0 Å². The Balaban J connectivity index is 1.76. The molecule has 0 fully saturated rings. The van der Waals surface area contributed by atoms with Crippen molar-refractivity contribution in [3.63, 3.8) is 0 Å². The molecule has 0 radical (unpaired) electrons. The Morgan fingerprint density at radius 3 is 2.30 bits per heavy atom. The number of hydrogen-bond donors (Lipinski definition) is 1. The summed E-state index contributed by atoms with van der Waals surface area (Å²) in [5.74, 6) is -0.559. The van der Waals surface area contributed by atoms with Crippen LogP contribution in [-0.4, -0.2) is 23.1 Å². The van der Waals surface area contributed by atoms with E-state index in [0.29, 0.717) is 17.7 Å². The van der Waals surface area contributed by atoms with Crippen LogP contribution in [0.25, 0.3) is 16.9 Å². The van der Waals surface area contributed by atoms with Crippen molar-refractivity contribution in [3.8, 4) is 16.9 Å². The predicted molar refractivity (Wildman–Crippen MR) is 131 cm³/mol.